The van der Waals surface area contributed by atoms with Crippen LogP contribution in [0.2, 0.25) is 4.34 Å². The van der Waals surface area contributed by atoms with Crippen LogP contribution in [0.5, 0.6) is 0 Å². The number of benzene rings is 1. The van der Waals surface area contributed by atoms with Crippen molar-refractivity contribution in [1.29, 1.82) is 0 Å². The van der Waals surface area contributed by atoms with Gasteiger partial charge in [0.2, 0.25) is 11.8 Å². The Labute approximate surface area is 160 Å². The van der Waals surface area contributed by atoms with E-state index in [1.54, 1.807) is 41.3 Å². The second kappa shape index (κ2) is 7.85. The molecule has 1 aliphatic rings. The number of carbonyl (C=O) groups excluding carboxylic acids is 3. The van der Waals surface area contributed by atoms with E-state index in [-0.39, 0.29) is 30.6 Å². The summed E-state index contributed by atoms with van der Waals surface area (Å²) in [4.78, 5) is 40.6. The van der Waals surface area contributed by atoms with E-state index in [0.717, 1.165) is 9.78 Å². The number of imide groups is 1. The Bertz CT molecular complexity index is 861. The summed E-state index contributed by atoms with van der Waals surface area (Å²) in [5.74, 6) is -0.679. The maximum atomic E-state index is 12.9. The molecule has 1 aromatic heterocycles. The van der Waals surface area contributed by atoms with Crippen LogP contribution in [-0.4, -0.2) is 29.2 Å². The van der Waals surface area contributed by atoms with Gasteiger partial charge in [0.05, 0.1) is 16.6 Å². The van der Waals surface area contributed by atoms with Crippen LogP contribution in [0.4, 0.5) is 5.69 Å². The summed E-state index contributed by atoms with van der Waals surface area (Å²) >= 11 is 7.38. The second-order valence-corrected chi connectivity index (χ2v) is 7.65. The lowest BCUT2D eigenvalue weighted by molar-refractivity contribution is -0.121. The molecule has 1 aromatic carbocycles. The molecule has 0 atom stereocenters. The zero-order valence-electron chi connectivity index (χ0n) is 14.0. The van der Waals surface area contributed by atoms with Crippen LogP contribution in [0.25, 0.3) is 0 Å². The zero-order valence-corrected chi connectivity index (χ0v) is 15.6. The maximum Gasteiger partial charge on any atom is 0.254 e. The molecule has 1 aliphatic heterocycles. The molecule has 0 unspecified atom stereocenters. The fraction of sp³-hybridized carbons (Fsp3) is 0.211. The molecule has 0 radical (unpaired) electrons. The van der Waals surface area contributed by atoms with E-state index in [0.29, 0.717) is 28.7 Å². The fourth-order valence-corrected chi connectivity index (χ4v) is 3.93. The molecule has 5 nitrogen and oxygen atoms in total. The number of rotatable bonds is 6. The van der Waals surface area contributed by atoms with Crippen molar-refractivity contribution in [2.24, 2.45) is 0 Å². The number of hydrogen-bond donors (Lipinski definition) is 0. The Morgan fingerprint density at radius 2 is 1.96 bits per heavy atom. The van der Waals surface area contributed by atoms with Crippen LogP contribution in [-0.2, 0) is 16.1 Å². The second-order valence-electron chi connectivity index (χ2n) is 5.85. The van der Waals surface area contributed by atoms with Gasteiger partial charge in [0.25, 0.3) is 5.91 Å². The third-order valence-electron chi connectivity index (χ3n) is 4.02. The standard InChI is InChI=1S/C19H17ClN2O3S/c1-2-10-21(12-15-6-7-16(20)26-15)19(25)13-4-3-5-14(11-13)22-17(23)8-9-18(22)24/h2-7,11H,1,8-10,12H2. The summed E-state index contributed by atoms with van der Waals surface area (Å²) in [6.45, 7) is 4.50. The van der Waals surface area contributed by atoms with E-state index in [2.05, 4.69) is 6.58 Å². The lowest BCUT2D eigenvalue weighted by Crippen LogP contribution is -2.31. The van der Waals surface area contributed by atoms with Crippen molar-refractivity contribution >= 4 is 46.3 Å². The van der Waals surface area contributed by atoms with Crippen molar-refractivity contribution in [2.45, 2.75) is 19.4 Å². The van der Waals surface area contributed by atoms with E-state index >= 15 is 0 Å². The molecule has 1 saturated heterocycles. The zero-order chi connectivity index (χ0) is 18.7. The molecule has 0 aliphatic carbocycles. The van der Waals surface area contributed by atoms with Crippen LogP contribution >= 0.6 is 22.9 Å². The van der Waals surface area contributed by atoms with Crippen LogP contribution in [0.1, 0.15) is 28.1 Å². The largest absolute Gasteiger partial charge is 0.330 e. The van der Waals surface area contributed by atoms with E-state index in [9.17, 15) is 14.4 Å². The first kappa shape index (κ1) is 18.4. The van der Waals surface area contributed by atoms with Gasteiger partial charge in [-0.2, -0.15) is 0 Å². The lowest BCUT2D eigenvalue weighted by Gasteiger charge is -2.21. The number of nitrogens with zero attached hydrogens (tertiary/aromatic N) is 2. The highest BCUT2D eigenvalue weighted by molar-refractivity contribution is 7.16. The highest BCUT2D eigenvalue weighted by Gasteiger charge is 2.30. The van der Waals surface area contributed by atoms with Crippen molar-refractivity contribution in [2.75, 3.05) is 11.4 Å². The number of thiophene rings is 1. The van der Waals surface area contributed by atoms with Crippen LogP contribution in [0.3, 0.4) is 0 Å². The molecule has 2 aromatic rings. The molecule has 26 heavy (non-hydrogen) atoms. The van der Waals surface area contributed by atoms with Gasteiger partial charge in [-0.25, -0.2) is 0 Å². The van der Waals surface area contributed by atoms with E-state index in [1.165, 1.54) is 11.3 Å². The van der Waals surface area contributed by atoms with Gasteiger partial charge in [0, 0.05) is 29.8 Å². The number of amides is 3. The molecule has 134 valence electrons. The molecule has 0 bridgehead atoms. The smallest absolute Gasteiger partial charge is 0.254 e. The maximum absolute atomic E-state index is 12.9. The molecule has 0 spiro atoms. The average Bonchev–Trinajstić information content (AvgIpc) is 3.19. The molecule has 0 saturated carbocycles. The van der Waals surface area contributed by atoms with Crippen molar-refractivity contribution in [1.82, 2.24) is 4.90 Å². The van der Waals surface area contributed by atoms with Crippen LogP contribution in [0, 0.1) is 0 Å². The van der Waals surface area contributed by atoms with Crippen molar-refractivity contribution in [3.63, 3.8) is 0 Å². The quantitative estimate of drug-likeness (QED) is 0.557. The Kier molecular flexibility index (Phi) is 5.54. The van der Waals surface area contributed by atoms with Gasteiger partial charge in [-0.15, -0.1) is 17.9 Å². The van der Waals surface area contributed by atoms with Gasteiger partial charge in [0.15, 0.2) is 0 Å². The Morgan fingerprint density at radius 3 is 2.58 bits per heavy atom. The van der Waals surface area contributed by atoms with E-state index in [1.807, 2.05) is 6.07 Å². The van der Waals surface area contributed by atoms with E-state index < -0.39 is 0 Å². The minimum absolute atomic E-state index is 0.199. The lowest BCUT2D eigenvalue weighted by atomic mass is 10.1. The van der Waals surface area contributed by atoms with Gasteiger partial charge in [0.1, 0.15) is 0 Å². The summed E-state index contributed by atoms with van der Waals surface area (Å²) in [5, 5.41) is 0. The molecule has 3 rings (SSSR count). The summed E-state index contributed by atoms with van der Waals surface area (Å²) in [6, 6.07) is 10.3. The van der Waals surface area contributed by atoms with Crippen LogP contribution < -0.4 is 4.90 Å². The third-order valence-corrected chi connectivity index (χ3v) is 5.23. The first-order valence-electron chi connectivity index (χ1n) is 8.10. The van der Waals surface area contributed by atoms with Crippen molar-refractivity contribution in [3.8, 4) is 0 Å². The van der Waals surface area contributed by atoms with Crippen LogP contribution in [0.15, 0.2) is 49.1 Å². The molecule has 2 heterocycles. The number of carbonyl (C=O) groups is 3. The van der Waals surface area contributed by atoms with Gasteiger partial charge >= 0.3 is 0 Å². The number of halogens is 1. The summed E-state index contributed by atoms with van der Waals surface area (Å²) in [6.07, 6.45) is 2.07. The molecular weight excluding hydrogens is 372 g/mol. The minimum Gasteiger partial charge on any atom is -0.330 e. The van der Waals surface area contributed by atoms with Crippen molar-refractivity contribution < 1.29 is 14.4 Å². The summed E-state index contributed by atoms with van der Waals surface area (Å²) in [7, 11) is 0. The first-order valence-corrected chi connectivity index (χ1v) is 9.29. The Balaban J connectivity index is 1.85. The topological polar surface area (TPSA) is 57.7 Å². The summed E-state index contributed by atoms with van der Waals surface area (Å²) < 4.78 is 0.666. The number of anilines is 1. The van der Waals surface area contributed by atoms with Gasteiger partial charge < -0.3 is 4.90 Å². The molecule has 0 N–H and O–H groups in total. The van der Waals surface area contributed by atoms with E-state index in [4.69, 9.17) is 11.6 Å². The molecule has 7 heteroatoms. The average molecular weight is 389 g/mol. The predicted octanol–water partition coefficient (Wildman–Crippen LogP) is 3.88. The molecule has 1 fully saturated rings. The highest BCUT2D eigenvalue weighted by Crippen LogP contribution is 2.26. The fourth-order valence-electron chi connectivity index (χ4n) is 2.83. The highest BCUT2D eigenvalue weighted by atomic mass is 35.5. The number of hydrogen-bond acceptors (Lipinski definition) is 4. The minimum atomic E-state index is -0.240. The monoisotopic (exact) mass is 388 g/mol. The third kappa shape index (κ3) is 3.86. The normalized spacial score (nSPS) is 14.0. The summed E-state index contributed by atoms with van der Waals surface area (Å²) in [5.41, 5.74) is 0.848. The predicted molar refractivity (Wildman–Crippen MR) is 102 cm³/mol. The van der Waals surface area contributed by atoms with Gasteiger partial charge in [-0.3, -0.25) is 19.3 Å². The molecule has 3 amide bonds. The van der Waals surface area contributed by atoms with Gasteiger partial charge in [-0.05, 0) is 30.3 Å². The SMILES string of the molecule is C=CCN(Cc1ccc(Cl)s1)C(=O)c1cccc(N2C(=O)CCC2=O)c1. The van der Waals surface area contributed by atoms with Gasteiger partial charge in [-0.1, -0.05) is 23.7 Å². The Hall–Kier alpha value is -2.44. The molecular formula is C19H17ClN2O3S. The Morgan fingerprint density at radius 1 is 1.23 bits per heavy atom. The van der Waals surface area contributed by atoms with Crippen molar-refractivity contribution in [3.05, 3.63) is 63.8 Å². The first-order chi connectivity index (χ1) is 12.5.